The maximum absolute atomic E-state index is 4.09. The molecule has 2 rings (SSSR count). The quantitative estimate of drug-likeness (QED) is 0.705. The topological polar surface area (TPSA) is 15.3 Å². The number of allylic oxidation sites excluding steroid dienone is 1. The number of likely N-dealkylation sites (tertiary alicyclic amines) is 1. The molecule has 1 atom stereocenters. The van der Waals surface area contributed by atoms with Gasteiger partial charge in [-0.15, -0.1) is 6.58 Å². The highest BCUT2D eigenvalue weighted by molar-refractivity contribution is 5.06. The maximum Gasteiger partial charge on any atom is 0.0362 e. The first kappa shape index (κ1) is 15.1. The van der Waals surface area contributed by atoms with Crippen LogP contribution in [0.25, 0.3) is 0 Å². The summed E-state index contributed by atoms with van der Waals surface area (Å²) in [7, 11) is 0. The first-order valence-electron chi connectivity index (χ1n) is 8.32. The van der Waals surface area contributed by atoms with Crippen LogP contribution in [-0.2, 0) is 0 Å². The molecule has 1 heterocycles. The monoisotopic (exact) mass is 264 g/mol. The molecule has 2 nitrogen and oxygen atoms in total. The Balaban J connectivity index is 2.10. The van der Waals surface area contributed by atoms with E-state index in [0.717, 1.165) is 6.54 Å². The summed E-state index contributed by atoms with van der Waals surface area (Å²) in [6.45, 7) is 12.3. The van der Waals surface area contributed by atoms with Crippen LogP contribution >= 0.6 is 0 Å². The van der Waals surface area contributed by atoms with Crippen molar-refractivity contribution in [3.63, 3.8) is 0 Å². The molecular formula is C17H32N2. The average Bonchev–Trinajstić information content (AvgIpc) is 3.04. The van der Waals surface area contributed by atoms with E-state index in [4.69, 9.17) is 0 Å². The van der Waals surface area contributed by atoms with Crippen LogP contribution in [0.15, 0.2) is 12.2 Å². The highest BCUT2D eigenvalue weighted by atomic mass is 15.2. The Hall–Kier alpha value is -0.340. The maximum atomic E-state index is 4.09. The van der Waals surface area contributed by atoms with Gasteiger partial charge >= 0.3 is 0 Å². The molecule has 0 aromatic carbocycles. The second kappa shape index (κ2) is 6.90. The van der Waals surface area contributed by atoms with E-state index in [1.807, 2.05) is 0 Å². The van der Waals surface area contributed by atoms with Crippen molar-refractivity contribution >= 4 is 0 Å². The molecule has 110 valence electrons. The summed E-state index contributed by atoms with van der Waals surface area (Å²) in [5.41, 5.74) is 1.79. The van der Waals surface area contributed by atoms with Gasteiger partial charge in [0.1, 0.15) is 0 Å². The molecule has 1 N–H and O–H groups in total. The molecule has 2 heteroatoms. The number of nitrogens with one attached hydrogen (secondary N) is 1. The van der Waals surface area contributed by atoms with Crippen molar-refractivity contribution < 1.29 is 0 Å². The molecule has 2 aliphatic rings. The van der Waals surface area contributed by atoms with E-state index in [9.17, 15) is 0 Å². The van der Waals surface area contributed by atoms with Gasteiger partial charge in [-0.2, -0.15) is 0 Å². The predicted molar refractivity (Wildman–Crippen MR) is 83.5 cm³/mol. The molecule has 0 radical (unpaired) electrons. The Morgan fingerprint density at radius 2 is 1.84 bits per heavy atom. The van der Waals surface area contributed by atoms with Crippen LogP contribution in [0.2, 0.25) is 0 Å². The first-order chi connectivity index (χ1) is 9.19. The summed E-state index contributed by atoms with van der Waals surface area (Å²) in [5.74, 6) is 0. The van der Waals surface area contributed by atoms with Gasteiger partial charge in [0.2, 0.25) is 0 Å². The molecule has 0 bridgehead atoms. The van der Waals surface area contributed by atoms with Crippen molar-refractivity contribution in [3.05, 3.63) is 12.2 Å². The molecule has 0 aromatic heterocycles. The Kier molecular flexibility index (Phi) is 5.47. The largest absolute Gasteiger partial charge is 0.312 e. The van der Waals surface area contributed by atoms with Crippen LogP contribution in [0.3, 0.4) is 0 Å². The zero-order valence-corrected chi connectivity index (χ0v) is 13.0. The van der Waals surface area contributed by atoms with Crippen molar-refractivity contribution in [1.82, 2.24) is 10.2 Å². The fraction of sp³-hybridized carbons (Fsp3) is 0.882. The first-order valence-corrected chi connectivity index (χ1v) is 8.32. The van der Waals surface area contributed by atoms with E-state index in [1.165, 1.54) is 70.0 Å². The molecule has 1 saturated heterocycles. The van der Waals surface area contributed by atoms with E-state index in [2.05, 4.69) is 30.6 Å². The number of nitrogens with zero attached hydrogens (tertiary/aromatic N) is 1. The van der Waals surface area contributed by atoms with Crippen molar-refractivity contribution in [2.75, 3.05) is 19.6 Å². The average molecular weight is 264 g/mol. The SMILES string of the molecule is C=C(C)CCC(NCC)C1(N2CCCC2)CCCC1. The lowest BCUT2D eigenvalue weighted by atomic mass is 9.83. The Morgan fingerprint density at radius 1 is 1.21 bits per heavy atom. The van der Waals surface area contributed by atoms with Gasteiger partial charge in [-0.05, 0) is 65.1 Å². The lowest BCUT2D eigenvalue weighted by Gasteiger charge is -2.45. The second-order valence-corrected chi connectivity index (χ2v) is 6.61. The lowest BCUT2D eigenvalue weighted by Crippen LogP contribution is -2.59. The van der Waals surface area contributed by atoms with Crippen molar-refractivity contribution in [2.24, 2.45) is 0 Å². The minimum absolute atomic E-state index is 0.460. The van der Waals surface area contributed by atoms with Crippen molar-refractivity contribution in [2.45, 2.75) is 76.8 Å². The summed E-state index contributed by atoms with van der Waals surface area (Å²) in [4.78, 5) is 2.83. The molecule has 1 unspecified atom stereocenters. The van der Waals surface area contributed by atoms with Crippen LogP contribution in [-0.4, -0.2) is 36.1 Å². The summed E-state index contributed by atoms with van der Waals surface area (Å²) < 4.78 is 0. The van der Waals surface area contributed by atoms with Crippen molar-refractivity contribution in [3.8, 4) is 0 Å². The van der Waals surface area contributed by atoms with Crippen LogP contribution in [0.1, 0.15) is 65.2 Å². The Morgan fingerprint density at radius 3 is 2.37 bits per heavy atom. The normalized spacial score (nSPS) is 24.7. The van der Waals surface area contributed by atoms with Crippen LogP contribution < -0.4 is 5.32 Å². The molecular weight excluding hydrogens is 232 g/mol. The van der Waals surface area contributed by atoms with Crippen LogP contribution in [0.5, 0.6) is 0 Å². The molecule has 2 fully saturated rings. The van der Waals surface area contributed by atoms with Gasteiger partial charge in [0.05, 0.1) is 0 Å². The van der Waals surface area contributed by atoms with Crippen LogP contribution in [0, 0.1) is 0 Å². The van der Waals surface area contributed by atoms with Gasteiger partial charge in [-0.3, -0.25) is 4.90 Å². The zero-order valence-electron chi connectivity index (χ0n) is 13.0. The molecule has 19 heavy (non-hydrogen) atoms. The number of hydrogen-bond donors (Lipinski definition) is 1. The third-order valence-corrected chi connectivity index (χ3v) is 5.16. The molecule has 0 amide bonds. The van der Waals surface area contributed by atoms with Gasteiger partial charge in [0, 0.05) is 11.6 Å². The molecule has 0 spiro atoms. The number of rotatable bonds is 7. The molecule has 1 aliphatic heterocycles. The number of hydrogen-bond acceptors (Lipinski definition) is 2. The van der Waals surface area contributed by atoms with E-state index < -0.39 is 0 Å². The smallest absolute Gasteiger partial charge is 0.0362 e. The standard InChI is InChI=1S/C17H32N2/c1-4-18-16(10-9-15(2)3)17(11-5-6-12-17)19-13-7-8-14-19/h16,18H,2,4-14H2,1,3H3. The highest BCUT2D eigenvalue weighted by Gasteiger charge is 2.45. The fourth-order valence-corrected chi connectivity index (χ4v) is 4.23. The third-order valence-electron chi connectivity index (χ3n) is 5.16. The summed E-state index contributed by atoms with van der Waals surface area (Å²) in [6.07, 6.45) is 10.9. The van der Waals surface area contributed by atoms with Gasteiger partial charge in [-0.1, -0.05) is 25.3 Å². The molecule has 0 aromatic rings. The summed E-state index contributed by atoms with van der Waals surface area (Å²) in [5, 5.41) is 3.81. The second-order valence-electron chi connectivity index (χ2n) is 6.61. The van der Waals surface area contributed by atoms with E-state index in [0.29, 0.717) is 11.6 Å². The van der Waals surface area contributed by atoms with E-state index >= 15 is 0 Å². The summed E-state index contributed by atoms with van der Waals surface area (Å²) in [6, 6.07) is 0.662. The zero-order chi connectivity index (χ0) is 13.7. The Labute approximate surface area is 119 Å². The van der Waals surface area contributed by atoms with Gasteiger partial charge in [-0.25, -0.2) is 0 Å². The fourth-order valence-electron chi connectivity index (χ4n) is 4.23. The molecule has 1 aliphatic carbocycles. The molecule has 1 saturated carbocycles. The lowest BCUT2D eigenvalue weighted by molar-refractivity contribution is 0.0737. The Bertz CT molecular complexity index is 286. The van der Waals surface area contributed by atoms with E-state index in [-0.39, 0.29) is 0 Å². The van der Waals surface area contributed by atoms with Gasteiger partial charge < -0.3 is 5.32 Å². The minimum Gasteiger partial charge on any atom is -0.312 e. The summed E-state index contributed by atoms with van der Waals surface area (Å²) >= 11 is 0. The third kappa shape index (κ3) is 3.41. The van der Waals surface area contributed by atoms with Crippen molar-refractivity contribution in [1.29, 1.82) is 0 Å². The highest BCUT2D eigenvalue weighted by Crippen LogP contribution is 2.41. The van der Waals surface area contributed by atoms with E-state index in [1.54, 1.807) is 0 Å². The van der Waals surface area contributed by atoms with Crippen LogP contribution in [0.4, 0.5) is 0 Å². The van der Waals surface area contributed by atoms with Gasteiger partial charge in [0.15, 0.2) is 0 Å². The minimum atomic E-state index is 0.460. The number of likely N-dealkylation sites (N-methyl/N-ethyl adjacent to an activating group) is 1. The predicted octanol–water partition coefficient (Wildman–Crippen LogP) is 3.73. The van der Waals surface area contributed by atoms with Gasteiger partial charge in [0.25, 0.3) is 0 Å².